The second kappa shape index (κ2) is 9.06. The van der Waals surface area contributed by atoms with Crippen molar-refractivity contribution >= 4 is 11.5 Å². The van der Waals surface area contributed by atoms with Gasteiger partial charge in [-0.15, -0.1) is 0 Å². The SMILES string of the molecule is CCCOc1ncnc(NCCCOC(C)C)c1[N+](=O)[O-]. The maximum atomic E-state index is 11.2. The van der Waals surface area contributed by atoms with Gasteiger partial charge in [0.15, 0.2) is 0 Å². The second-order valence-electron chi connectivity index (χ2n) is 4.68. The van der Waals surface area contributed by atoms with Crippen LogP contribution in [0.25, 0.3) is 0 Å². The molecular formula is C13H22N4O4. The van der Waals surface area contributed by atoms with Gasteiger partial charge in [-0.05, 0) is 26.7 Å². The molecular weight excluding hydrogens is 276 g/mol. The summed E-state index contributed by atoms with van der Waals surface area (Å²) in [6.45, 7) is 7.32. The molecule has 0 bridgehead atoms. The lowest BCUT2D eigenvalue weighted by Crippen LogP contribution is -2.12. The Bertz CT molecular complexity index is 454. The molecule has 1 aromatic heterocycles. The van der Waals surface area contributed by atoms with Crippen LogP contribution in [0.5, 0.6) is 5.88 Å². The van der Waals surface area contributed by atoms with Crippen LogP contribution in [0.2, 0.25) is 0 Å². The van der Waals surface area contributed by atoms with E-state index in [0.717, 1.165) is 12.8 Å². The molecule has 1 N–H and O–H groups in total. The standard InChI is InChI=1S/C13H22N4O4/c1-4-7-21-13-11(17(18)19)12(15-9-16-13)14-6-5-8-20-10(2)3/h9-10H,4-8H2,1-3H3,(H,14,15,16). The van der Waals surface area contributed by atoms with Gasteiger partial charge in [-0.3, -0.25) is 10.1 Å². The van der Waals surface area contributed by atoms with Gasteiger partial charge in [0, 0.05) is 13.2 Å². The fourth-order valence-corrected chi connectivity index (χ4v) is 1.56. The summed E-state index contributed by atoms with van der Waals surface area (Å²) in [6.07, 6.45) is 2.90. The third-order valence-electron chi connectivity index (χ3n) is 2.48. The van der Waals surface area contributed by atoms with Crippen LogP contribution in [0.3, 0.4) is 0 Å². The summed E-state index contributed by atoms with van der Waals surface area (Å²) in [7, 11) is 0. The number of anilines is 1. The maximum Gasteiger partial charge on any atom is 0.372 e. The van der Waals surface area contributed by atoms with E-state index in [1.54, 1.807) is 0 Å². The van der Waals surface area contributed by atoms with E-state index in [1.165, 1.54) is 6.33 Å². The number of ether oxygens (including phenoxy) is 2. The highest BCUT2D eigenvalue weighted by atomic mass is 16.6. The molecule has 0 saturated heterocycles. The third-order valence-corrected chi connectivity index (χ3v) is 2.48. The molecule has 0 fully saturated rings. The predicted molar refractivity (Wildman–Crippen MR) is 78.7 cm³/mol. The molecule has 1 heterocycles. The Balaban J connectivity index is 2.65. The summed E-state index contributed by atoms with van der Waals surface area (Å²) in [6, 6.07) is 0. The molecule has 0 aromatic carbocycles. The molecule has 0 radical (unpaired) electrons. The number of nitrogens with one attached hydrogen (secondary N) is 1. The summed E-state index contributed by atoms with van der Waals surface area (Å²) in [5.41, 5.74) is -0.226. The monoisotopic (exact) mass is 298 g/mol. The molecule has 1 rings (SSSR count). The van der Waals surface area contributed by atoms with Gasteiger partial charge in [0.25, 0.3) is 5.88 Å². The summed E-state index contributed by atoms with van der Waals surface area (Å²) in [4.78, 5) is 18.4. The first kappa shape index (κ1) is 17.1. The zero-order valence-corrected chi connectivity index (χ0v) is 12.7. The molecule has 8 nitrogen and oxygen atoms in total. The van der Waals surface area contributed by atoms with Crippen molar-refractivity contribution in [2.24, 2.45) is 0 Å². The zero-order valence-electron chi connectivity index (χ0n) is 12.7. The van der Waals surface area contributed by atoms with E-state index in [9.17, 15) is 10.1 Å². The zero-order chi connectivity index (χ0) is 15.7. The highest BCUT2D eigenvalue weighted by Gasteiger charge is 2.24. The van der Waals surface area contributed by atoms with E-state index < -0.39 is 4.92 Å². The van der Waals surface area contributed by atoms with Crippen LogP contribution in [0, 0.1) is 10.1 Å². The van der Waals surface area contributed by atoms with E-state index >= 15 is 0 Å². The quantitative estimate of drug-likeness (QED) is 0.402. The molecule has 0 atom stereocenters. The Labute approximate surface area is 124 Å². The molecule has 0 aliphatic heterocycles. The number of nitrogens with zero attached hydrogens (tertiary/aromatic N) is 3. The Morgan fingerprint density at radius 1 is 1.38 bits per heavy atom. The summed E-state index contributed by atoms with van der Waals surface area (Å²) >= 11 is 0. The van der Waals surface area contributed by atoms with Gasteiger partial charge < -0.3 is 14.8 Å². The first-order valence-corrected chi connectivity index (χ1v) is 7.03. The first-order chi connectivity index (χ1) is 10.1. The molecule has 0 spiro atoms. The summed E-state index contributed by atoms with van der Waals surface area (Å²) in [5, 5.41) is 14.1. The number of aromatic nitrogens is 2. The van der Waals surface area contributed by atoms with Crippen molar-refractivity contribution in [3.63, 3.8) is 0 Å². The van der Waals surface area contributed by atoms with Crippen LogP contribution in [-0.2, 0) is 4.74 Å². The highest BCUT2D eigenvalue weighted by molar-refractivity contribution is 5.61. The molecule has 0 unspecified atom stereocenters. The Hall–Kier alpha value is -1.96. The van der Waals surface area contributed by atoms with E-state index in [0.29, 0.717) is 19.8 Å². The smallest absolute Gasteiger partial charge is 0.372 e. The minimum absolute atomic E-state index is 0.00206. The average molecular weight is 298 g/mol. The predicted octanol–water partition coefficient (Wildman–Crippen LogP) is 2.40. The van der Waals surface area contributed by atoms with E-state index in [1.807, 2.05) is 20.8 Å². The van der Waals surface area contributed by atoms with Crippen LogP contribution in [0.15, 0.2) is 6.33 Å². The minimum atomic E-state index is -0.530. The van der Waals surface area contributed by atoms with Crippen LogP contribution >= 0.6 is 0 Å². The van der Waals surface area contributed by atoms with Crippen LogP contribution in [0.1, 0.15) is 33.6 Å². The molecule has 0 aliphatic rings. The van der Waals surface area contributed by atoms with E-state index in [-0.39, 0.29) is 23.5 Å². The topological polar surface area (TPSA) is 99.4 Å². The highest BCUT2D eigenvalue weighted by Crippen LogP contribution is 2.30. The Morgan fingerprint density at radius 2 is 2.14 bits per heavy atom. The molecule has 21 heavy (non-hydrogen) atoms. The third kappa shape index (κ3) is 5.90. The van der Waals surface area contributed by atoms with Gasteiger partial charge in [0.1, 0.15) is 6.33 Å². The van der Waals surface area contributed by atoms with Gasteiger partial charge >= 0.3 is 5.69 Å². The Morgan fingerprint density at radius 3 is 2.76 bits per heavy atom. The summed E-state index contributed by atoms with van der Waals surface area (Å²) in [5.74, 6) is 0.170. The molecule has 118 valence electrons. The fraction of sp³-hybridized carbons (Fsp3) is 0.692. The number of rotatable bonds is 10. The molecule has 0 amide bonds. The van der Waals surface area contributed by atoms with Gasteiger partial charge in [-0.25, -0.2) is 4.98 Å². The van der Waals surface area contributed by atoms with E-state index in [4.69, 9.17) is 9.47 Å². The second-order valence-corrected chi connectivity index (χ2v) is 4.68. The van der Waals surface area contributed by atoms with Gasteiger partial charge in [0.05, 0.1) is 17.6 Å². The van der Waals surface area contributed by atoms with Crippen molar-refractivity contribution in [3.8, 4) is 5.88 Å². The number of hydrogen-bond acceptors (Lipinski definition) is 7. The van der Waals surface area contributed by atoms with Crippen LogP contribution in [0.4, 0.5) is 11.5 Å². The lowest BCUT2D eigenvalue weighted by Gasteiger charge is -2.10. The molecule has 1 aromatic rings. The number of nitro groups is 1. The fourth-order valence-electron chi connectivity index (χ4n) is 1.56. The van der Waals surface area contributed by atoms with Gasteiger partial charge in [-0.2, -0.15) is 4.98 Å². The van der Waals surface area contributed by atoms with Gasteiger partial charge in [0.2, 0.25) is 5.82 Å². The largest absolute Gasteiger partial charge is 0.473 e. The Kier molecular flexibility index (Phi) is 7.38. The van der Waals surface area contributed by atoms with Crippen molar-refractivity contribution in [2.45, 2.75) is 39.7 Å². The van der Waals surface area contributed by atoms with E-state index in [2.05, 4.69) is 15.3 Å². The lowest BCUT2D eigenvalue weighted by atomic mass is 10.4. The molecule has 0 saturated carbocycles. The minimum Gasteiger partial charge on any atom is -0.473 e. The van der Waals surface area contributed by atoms with Gasteiger partial charge in [-0.1, -0.05) is 6.92 Å². The summed E-state index contributed by atoms with van der Waals surface area (Å²) < 4.78 is 10.7. The first-order valence-electron chi connectivity index (χ1n) is 7.03. The van der Waals surface area contributed by atoms with Crippen molar-refractivity contribution in [3.05, 3.63) is 16.4 Å². The van der Waals surface area contributed by atoms with Crippen molar-refractivity contribution in [2.75, 3.05) is 25.1 Å². The van der Waals surface area contributed by atoms with Crippen molar-refractivity contribution in [1.82, 2.24) is 9.97 Å². The molecule has 8 heteroatoms. The van der Waals surface area contributed by atoms with Crippen LogP contribution < -0.4 is 10.1 Å². The number of hydrogen-bond donors (Lipinski definition) is 1. The average Bonchev–Trinajstić information content (AvgIpc) is 2.44. The molecule has 0 aliphatic carbocycles. The van der Waals surface area contributed by atoms with Crippen LogP contribution in [-0.4, -0.2) is 40.8 Å². The normalized spacial score (nSPS) is 10.7. The van der Waals surface area contributed by atoms with Crippen molar-refractivity contribution in [1.29, 1.82) is 0 Å². The van der Waals surface area contributed by atoms with Crippen molar-refractivity contribution < 1.29 is 14.4 Å². The maximum absolute atomic E-state index is 11.2. The lowest BCUT2D eigenvalue weighted by molar-refractivity contribution is -0.385.